The summed E-state index contributed by atoms with van der Waals surface area (Å²) < 4.78 is 23.8. The van der Waals surface area contributed by atoms with Gasteiger partial charge in [-0.05, 0) is 59.7 Å². The molecule has 1 fully saturated rings. The number of nitrogens with zero attached hydrogens (tertiary/aromatic N) is 6. The molecule has 1 aliphatic heterocycles. The number of hydrogen-bond acceptors (Lipinski definition) is 6. The third kappa shape index (κ3) is 5.53. The van der Waals surface area contributed by atoms with Gasteiger partial charge in [0.25, 0.3) is 0 Å². The molecule has 2 aromatic heterocycles. The minimum Gasteiger partial charge on any atom is -0.444 e. The SMILES string of the molecule is CC(C)n1ccnc1-n1c(=O)nc(N2CCN(C(=O)OC(C)(C)C)C[C@@H]2C)c2cc(Cl)c(-c3ccccc3F)cc21. The van der Waals surface area contributed by atoms with Crippen LogP contribution in [-0.4, -0.2) is 61.4 Å². The number of imidazole rings is 1. The van der Waals surface area contributed by atoms with Crippen LogP contribution in [0, 0.1) is 5.82 Å². The molecule has 1 amide bonds. The van der Waals surface area contributed by atoms with Crippen LogP contribution in [0.5, 0.6) is 0 Å². The van der Waals surface area contributed by atoms with E-state index in [9.17, 15) is 14.0 Å². The highest BCUT2D eigenvalue weighted by Gasteiger charge is 2.32. The van der Waals surface area contributed by atoms with Crippen molar-refractivity contribution in [3.8, 4) is 17.1 Å². The van der Waals surface area contributed by atoms with Gasteiger partial charge in [0.1, 0.15) is 17.2 Å². The van der Waals surface area contributed by atoms with Crippen LogP contribution in [0.25, 0.3) is 28.0 Å². The number of ether oxygens (including phenoxy) is 1. The summed E-state index contributed by atoms with van der Waals surface area (Å²) in [7, 11) is 0. The van der Waals surface area contributed by atoms with Crippen LogP contribution in [0.15, 0.2) is 53.6 Å². The van der Waals surface area contributed by atoms with Crippen molar-refractivity contribution in [2.75, 3.05) is 24.5 Å². The zero-order valence-corrected chi connectivity index (χ0v) is 24.8. The van der Waals surface area contributed by atoms with E-state index >= 15 is 0 Å². The molecule has 0 spiro atoms. The molecule has 216 valence electrons. The van der Waals surface area contributed by atoms with Crippen molar-refractivity contribution in [2.24, 2.45) is 0 Å². The van der Waals surface area contributed by atoms with Gasteiger partial charge in [-0.15, -0.1) is 0 Å². The molecular formula is C30H34ClFN6O3. The fourth-order valence-electron chi connectivity index (χ4n) is 5.17. The summed E-state index contributed by atoms with van der Waals surface area (Å²) in [4.78, 5) is 39.2. The van der Waals surface area contributed by atoms with Crippen molar-refractivity contribution < 1.29 is 13.9 Å². The number of aromatic nitrogens is 4. The van der Waals surface area contributed by atoms with Gasteiger partial charge in [0.2, 0.25) is 5.95 Å². The predicted octanol–water partition coefficient (Wildman–Crippen LogP) is 6.07. The summed E-state index contributed by atoms with van der Waals surface area (Å²) >= 11 is 6.79. The van der Waals surface area contributed by atoms with Crippen LogP contribution >= 0.6 is 11.6 Å². The second-order valence-electron chi connectivity index (χ2n) is 11.6. The van der Waals surface area contributed by atoms with E-state index in [4.69, 9.17) is 16.3 Å². The van der Waals surface area contributed by atoms with Crippen molar-refractivity contribution in [3.05, 3.63) is 70.1 Å². The number of carbonyl (C=O) groups is 1. The largest absolute Gasteiger partial charge is 0.444 e. The number of fused-ring (bicyclic) bond motifs is 1. The van der Waals surface area contributed by atoms with E-state index in [0.29, 0.717) is 58.5 Å². The Labute approximate surface area is 243 Å². The number of amides is 1. The summed E-state index contributed by atoms with van der Waals surface area (Å²) in [5.74, 6) is 0.424. The second kappa shape index (κ2) is 10.8. The smallest absolute Gasteiger partial charge is 0.410 e. The lowest BCUT2D eigenvalue weighted by molar-refractivity contribution is 0.0218. The number of halogens is 2. The van der Waals surface area contributed by atoms with Crippen molar-refractivity contribution in [3.63, 3.8) is 0 Å². The summed E-state index contributed by atoms with van der Waals surface area (Å²) in [5, 5.41) is 0.939. The first-order valence-electron chi connectivity index (χ1n) is 13.6. The molecule has 0 unspecified atom stereocenters. The monoisotopic (exact) mass is 580 g/mol. The summed E-state index contributed by atoms with van der Waals surface area (Å²) in [6.07, 6.45) is 3.06. The van der Waals surface area contributed by atoms with Gasteiger partial charge in [-0.2, -0.15) is 4.98 Å². The van der Waals surface area contributed by atoms with E-state index in [0.717, 1.165) is 0 Å². The van der Waals surface area contributed by atoms with E-state index in [2.05, 4.69) is 9.97 Å². The van der Waals surface area contributed by atoms with Crippen LogP contribution in [0.1, 0.15) is 47.6 Å². The van der Waals surface area contributed by atoms with Crippen molar-refractivity contribution in [1.82, 2.24) is 24.0 Å². The molecule has 1 saturated heterocycles. The second-order valence-corrected chi connectivity index (χ2v) is 12.0. The Balaban J connectivity index is 1.67. The Morgan fingerprint density at radius 3 is 2.54 bits per heavy atom. The fourth-order valence-corrected chi connectivity index (χ4v) is 5.44. The normalized spacial score (nSPS) is 16.1. The molecule has 3 heterocycles. The van der Waals surface area contributed by atoms with Crippen molar-refractivity contribution in [1.29, 1.82) is 0 Å². The lowest BCUT2D eigenvalue weighted by Gasteiger charge is -2.41. The molecule has 5 rings (SSSR count). The molecule has 0 radical (unpaired) electrons. The van der Waals surface area contributed by atoms with Crippen LogP contribution in [0.3, 0.4) is 0 Å². The van der Waals surface area contributed by atoms with Gasteiger partial charge in [-0.25, -0.2) is 23.5 Å². The predicted molar refractivity (Wildman–Crippen MR) is 159 cm³/mol. The van der Waals surface area contributed by atoms with E-state index in [-0.39, 0.29) is 18.2 Å². The Hall–Kier alpha value is -3.92. The highest BCUT2D eigenvalue weighted by atomic mass is 35.5. The van der Waals surface area contributed by atoms with Crippen LogP contribution in [0.2, 0.25) is 5.02 Å². The third-order valence-electron chi connectivity index (χ3n) is 7.08. The number of benzene rings is 2. The minimum absolute atomic E-state index is 0.0217. The molecule has 1 aliphatic rings. The highest BCUT2D eigenvalue weighted by molar-refractivity contribution is 6.34. The molecule has 11 heteroatoms. The Morgan fingerprint density at radius 1 is 1.15 bits per heavy atom. The van der Waals surface area contributed by atoms with Gasteiger partial charge < -0.3 is 19.1 Å². The maximum absolute atomic E-state index is 14.9. The maximum Gasteiger partial charge on any atom is 0.410 e. The highest BCUT2D eigenvalue weighted by Crippen LogP contribution is 2.37. The molecule has 0 aliphatic carbocycles. The van der Waals surface area contributed by atoms with E-state index in [1.807, 2.05) is 51.0 Å². The molecule has 0 bridgehead atoms. The lowest BCUT2D eigenvalue weighted by atomic mass is 10.0. The van der Waals surface area contributed by atoms with Gasteiger partial charge in [-0.1, -0.05) is 29.8 Å². The summed E-state index contributed by atoms with van der Waals surface area (Å²) in [6.45, 7) is 12.7. The first-order valence-corrected chi connectivity index (χ1v) is 14.0. The maximum atomic E-state index is 14.9. The number of hydrogen-bond donors (Lipinski definition) is 0. The van der Waals surface area contributed by atoms with Gasteiger partial charge >= 0.3 is 11.8 Å². The number of rotatable bonds is 4. The minimum atomic E-state index is -0.603. The fraction of sp³-hybridized carbons (Fsp3) is 0.400. The number of anilines is 1. The molecule has 1 atom stereocenters. The molecule has 41 heavy (non-hydrogen) atoms. The number of piperazine rings is 1. The number of carbonyl (C=O) groups excluding carboxylic acids is 1. The first-order chi connectivity index (χ1) is 19.4. The molecule has 2 aromatic carbocycles. The van der Waals surface area contributed by atoms with Gasteiger partial charge in [0, 0.05) is 65.6 Å². The van der Waals surface area contributed by atoms with E-state index in [1.54, 1.807) is 47.6 Å². The average Bonchev–Trinajstić information content (AvgIpc) is 3.37. The Bertz CT molecular complexity index is 1680. The van der Waals surface area contributed by atoms with Crippen LogP contribution < -0.4 is 10.6 Å². The zero-order valence-electron chi connectivity index (χ0n) is 24.1. The Morgan fingerprint density at radius 2 is 1.88 bits per heavy atom. The van der Waals surface area contributed by atoms with Crippen molar-refractivity contribution >= 4 is 34.4 Å². The molecule has 4 aromatic rings. The summed E-state index contributed by atoms with van der Waals surface area (Å²) in [5.41, 5.74) is 0.145. The Kier molecular flexibility index (Phi) is 7.54. The van der Waals surface area contributed by atoms with Crippen molar-refractivity contribution in [2.45, 2.75) is 59.2 Å². The van der Waals surface area contributed by atoms with Crippen LogP contribution in [0.4, 0.5) is 15.0 Å². The van der Waals surface area contributed by atoms with Gasteiger partial charge in [0.15, 0.2) is 0 Å². The molecule has 0 saturated carbocycles. The first kappa shape index (κ1) is 28.6. The topological polar surface area (TPSA) is 85.5 Å². The standard InChI is InChI=1S/C30H34ClFN6O3/c1-18(2)36-12-11-33-27(36)38-25-16-21(20-9-7-8-10-24(20)32)23(31)15-22(25)26(34-28(38)39)37-14-13-35(17-19(37)3)29(40)41-30(4,5)6/h7-12,15-16,18-19H,13-14,17H2,1-6H3/t19-/m0/s1. The quantitative estimate of drug-likeness (QED) is 0.291. The van der Waals surface area contributed by atoms with E-state index < -0.39 is 17.1 Å². The third-order valence-corrected chi connectivity index (χ3v) is 7.39. The van der Waals surface area contributed by atoms with Gasteiger partial charge in [0.05, 0.1) is 5.52 Å². The molecular weight excluding hydrogens is 547 g/mol. The van der Waals surface area contributed by atoms with Crippen LogP contribution in [-0.2, 0) is 4.74 Å². The van der Waals surface area contributed by atoms with E-state index in [1.165, 1.54) is 10.6 Å². The summed E-state index contributed by atoms with van der Waals surface area (Å²) in [6, 6.07) is 9.68. The zero-order chi connectivity index (χ0) is 29.6. The van der Waals surface area contributed by atoms with Gasteiger partial charge in [-0.3, -0.25) is 0 Å². The molecule has 9 nitrogen and oxygen atoms in total. The lowest BCUT2D eigenvalue weighted by Crippen LogP contribution is -2.55. The average molecular weight is 581 g/mol. The molecule has 0 N–H and O–H groups in total.